The second kappa shape index (κ2) is 42.7. The molecule has 10 nitrogen and oxygen atoms in total. The van der Waals surface area contributed by atoms with Crippen LogP contribution in [-0.2, 0) is 36.2 Å². The molecule has 0 aromatic rings. The average Bonchev–Trinajstić information content (AvgIpc) is 2.13. The van der Waals surface area contributed by atoms with Crippen LogP contribution in [0.2, 0.25) is 0 Å². The molecule has 0 fully saturated rings. The molecule has 0 aliphatic heterocycles. The summed E-state index contributed by atoms with van der Waals surface area (Å²) in [6.45, 7) is 5.53. The van der Waals surface area contributed by atoms with Crippen molar-refractivity contribution < 1.29 is 56.7 Å². The fourth-order valence-electron chi connectivity index (χ4n) is 0. The molecule has 0 saturated carbocycles. The molecule has 22 heavy (non-hydrogen) atoms. The second-order valence-electron chi connectivity index (χ2n) is 2.65. The summed E-state index contributed by atoms with van der Waals surface area (Å²) in [5, 5.41) is 29.7. The van der Waals surface area contributed by atoms with E-state index in [4.69, 9.17) is 51.1 Å². The van der Waals surface area contributed by atoms with Gasteiger partial charge >= 0.3 is 29.6 Å². The van der Waals surface area contributed by atoms with E-state index in [0.717, 1.165) is 27.7 Å². The van der Waals surface area contributed by atoms with Crippen LogP contribution in [0.25, 0.3) is 0 Å². The molecular weight excluding hydrogens is 363 g/mol. The van der Waals surface area contributed by atoms with E-state index in [1.54, 1.807) is 0 Å². The summed E-state index contributed by atoms with van der Waals surface area (Å²) < 4.78 is 0. The van der Waals surface area contributed by atoms with Crippen molar-refractivity contribution in [1.82, 2.24) is 0 Å². The van der Waals surface area contributed by atoms with Gasteiger partial charge in [0.05, 0.1) is 0 Å². The molecular formula is C10H25CuN2NaO8. The van der Waals surface area contributed by atoms with Gasteiger partial charge in [-0.2, -0.15) is 0 Å². The molecule has 0 spiro atoms. The van der Waals surface area contributed by atoms with Crippen molar-refractivity contribution in [3.8, 4) is 0 Å². The second-order valence-corrected chi connectivity index (χ2v) is 2.65. The van der Waals surface area contributed by atoms with E-state index in [0.29, 0.717) is 13.1 Å². The first-order valence-corrected chi connectivity index (χ1v) is 5.03. The van der Waals surface area contributed by atoms with Crippen LogP contribution >= 0.6 is 0 Å². The van der Waals surface area contributed by atoms with Crippen molar-refractivity contribution in [2.75, 3.05) is 13.1 Å². The van der Waals surface area contributed by atoms with Crippen molar-refractivity contribution in [2.24, 2.45) is 11.5 Å². The molecule has 0 unspecified atom stereocenters. The quantitative estimate of drug-likeness (QED) is 0.291. The molecule has 8 N–H and O–H groups in total. The Bertz CT molecular complexity index is 201. The number of hydrogen-bond acceptors (Lipinski definition) is 6. The molecule has 0 atom stereocenters. The third-order valence-electron chi connectivity index (χ3n) is 0.167. The molecule has 135 valence electrons. The van der Waals surface area contributed by atoms with Crippen LogP contribution in [0.4, 0.5) is 0 Å². The van der Waals surface area contributed by atoms with Gasteiger partial charge in [0.1, 0.15) is 0 Å². The molecule has 0 saturated heterocycles. The van der Waals surface area contributed by atoms with Gasteiger partial charge in [0.25, 0.3) is 23.9 Å². The van der Waals surface area contributed by atoms with Gasteiger partial charge in [0.2, 0.25) is 0 Å². The Labute approximate surface area is 162 Å². The number of carboxylic acid groups (broad SMARTS) is 4. The summed E-state index contributed by atoms with van der Waals surface area (Å²) in [6, 6.07) is 0. The van der Waals surface area contributed by atoms with Crippen LogP contribution in [0.15, 0.2) is 0 Å². The first-order chi connectivity index (χ1) is 8.84. The summed E-state index contributed by atoms with van der Waals surface area (Å²) in [4.78, 5) is 36.0. The molecule has 0 amide bonds. The summed E-state index contributed by atoms with van der Waals surface area (Å²) >= 11 is 0. The number of carbonyl (C=O) groups is 4. The maximum absolute atomic E-state index is 9.00. The topological polar surface area (TPSA) is 201 Å². The van der Waals surface area contributed by atoms with Crippen LogP contribution in [0, 0.1) is 0 Å². The van der Waals surface area contributed by atoms with Crippen molar-refractivity contribution in [3.05, 3.63) is 0 Å². The Morgan fingerprint density at radius 3 is 0.682 bits per heavy atom. The van der Waals surface area contributed by atoms with E-state index in [-0.39, 0.29) is 46.6 Å². The average molecular weight is 388 g/mol. The zero-order chi connectivity index (χ0) is 17.7. The summed E-state index contributed by atoms with van der Waals surface area (Å²) in [5.41, 5.74) is 9.81. The Morgan fingerprint density at radius 2 is 0.682 bits per heavy atom. The number of carboxylic acids is 4. The molecule has 0 aromatic heterocycles. The molecule has 0 aromatic carbocycles. The van der Waals surface area contributed by atoms with Crippen molar-refractivity contribution >= 4 is 53.4 Å². The number of nitrogens with two attached hydrogens (primary N) is 2. The predicted octanol–water partition coefficient (Wildman–Crippen LogP) is -1.38. The molecule has 12 heteroatoms. The van der Waals surface area contributed by atoms with Crippen molar-refractivity contribution in [2.45, 2.75) is 27.7 Å². The van der Waals surface area contributed by atoms with Crippen LogP contribution in [-0.4, -0.2) is 87.0 Å². The van der Waals surface area contributed by atoms with Gasteiger partial charge in [0, 0.05) is 57.9 Å². The summed E-state index contributed by atoms with van der Waals surface area (Å²) in [7, 11) is 0. The first kappa shape index (κ1) is 42.9. The standard InChI is InChI=1S/C2H8N2.4C2H4O2.Cu.Na.H/c3-1-2-4;4*1-2(3)4;;;/h1-4H2;4*1H3,(H,3,4);;;. The van der Waals surface area contributed by atoms with Gasteiger partial charge in [-0.1, -0.05) is 0 Å². The van der Waals surface area contributed by atoms with E-state index in [9.17, 15) is 0 Å². The van der Waals surface area contributed by atoms with Crippen molar-refractivity contribution in [3.63, 3.8) is 0 Å². The summed E-state index contributed by atoms with van der Waals surface area (Å²) in [5.74, 6) is -3.33. The van der Waals surface area contributed by atoms with Gasteiger partial charge in [-0.3, -0.25) is 19.2 Å². The van der Waals surface area contributed by atoms with E-state index in [2.05, 4.69) is 0 Å². The third kappa shape index (κ3) is 63500. The van der Waals surface area contributed by atoms with Crippen LogP contribution in [0.3, 0.4) is 0 Å². The predicted molar refractivity (Wildman–Crippen MR) is 78.5 cm³/mol. The van der Waals surface area contributed by atoms with E-state index in [1.165, 1.54) is 0 Å². The normalized spacial score (nSPS) is 5.91. The Kier molecular flexibility index (Phi) is 83.4. The van der Waals surface area contributed by atoms with E-state index < -0.39 is 23.9 Å². The molecule has 0 aliphatic rings. The molecule has 0 bridgehead atoms. The van der Waals surface area contributed by atoms with Crippen LogP contribution in [0.5, 0.6) is 0 Å². The SMILES string of the molecule is CC(=O)O.CC(=O)O.CC(=O)O.CC(=O)O.NCCN.[Cu].[NaH]. The van der Waals surface area contributed by atoms with E-state index >= 15 is 0 Å². The van der Waals surface area contributed by atoms with Crippen LogP contribution < -0.4 is 11.5 Å². The fourth-order valence-corrected chi connectivity index (χ4v) is 0. The van der Waals surface area contributed by atoms with Crippen LogP contribution in [0.1, 0.15) is 27.7 Å². The third-order valence-corrected chi connectivity index (χ3v) is 0.167. The van der Waals surface area contributed by atoms with Gasteiger partial charge < -0.3 is 31.9 Å². The molecule has 0 heterocycles. The van der Waals surface area contributed by atoms with Gasteiger partial charge in [0.15, 0.2) is 0 Å². The van der Waals surface area contributed by atoms with Gasteiger partial charge in [-0.05, 0) is 0 Å². The zero-order valence-electron chi connectivity index (χ0n) is 12.3. The zero-order valence-corrected chi connectivity index (χ0v) is 13.2. The minimum absolute atomic E-state index is 0. The summed E-state index contributed by atoms with van der Waals surface area (Å²) in [6.07, 6.45) is 0. The Balaban J connectivity index is -0.0000000250. The fraction of sp³-hybridized carbons (Fsp3) is 0.600. The van der Waals surface area contributed by atoms with E-state index in [1.807, 2.05) is 0 Å². The number of aliphatic carboxylic acids is 4. The number of hydrogen-bond donors (Lipinski definition) is 6. The number of rotatable bonds is 1. The Hall–Kier alpha value is -0.681. The molecule has 0 aliphatic carbocycles. The maximum atomic E-state index is 9.00. The molecule has 0 rings (SSSR count). The first-order valence-electron chi connectivity index (χ1n) is 5.03. The van der Waals surface area contributed by atoms with Crippen molar-refractivity contribution in [1.29, 1.82) is 0 Å². The van der Waals surface area contributed by atoms with Gasteiger partial charge in [-0.25, -0.2) is 0 Å². The van der Waals surface area contributed by atoms with Gasteiger partial charge in [-0.15, -0.1) is 0 Å². The Morgan fingerprint density at radius 1 is 0.636 bits per heavy atom. The minimum atomic E-state index is -0.833. The molecule has 1 radical (unpaired) electrons. The monoisotopic (exact) mass is 387 g/mol.